The second-order valence-electron chi connectivity index (χ2n) is 3.79. The first-order valence-electron chi connectivity index (χ1n) is 4.99. The smallest absolute Gasteiger partial charge is 0.130 e. The monoisotopic (exact) mass is 197 g/mol. The number of alkyl halides is 1. The molecule has 1 heterocycles. The van der Waals surface area contributed by atoms with Crippen molar-refractivity contribution in [2.45, 2.75) is 31.9 Å². The molecule has 1 fully saturated rings. The molecule has 1 aliphatic rings. The maximum atomic E-state index is 14.2. The fraction of sp³-hybridized carbons (Fsp3) is 0.800. The second kappa shape index (κ2) is 4.41. The van der Waals surface area contributed by atoms with E-state index >= 15 is 0 Å². The van der Waals surface area contributed by atoms with Crippen molar-refractivity contribution in [3.63, 3.8) is 0 Å². The summed E-state index contributed by atoms with van der Waals surface area (Å²) in [6.07, 6.45) is 2.55. The van der Waals surface area contributed by atoms with Crippen LogP contribution in [0.1, 0.15) is 26.2 Å². The van der Waals surface area contributed by atoms with E-state index in [1.807, 2.05) is 13.0 Å². The second-order valence-corrected chi connectivity index (χ2v) is 3.79. The molecule has 0 radical (unpaired) electrons. The summed E-state index contributed by atoms with van der Waals surface area (Å²) in [6.45, 7) is 2.95. The van der Waals surface area contributed by atoms with E-state index in [0.717, 1.165) is 0 Å². The summed E-state index contributed by atoms with van der Waals surface area (Å²) >= 11 is 0. The topological polar surface area (TPSA) is 50.9 Å². The van der Waals surface area contributed by atoms with Crippen LogP contribution in [-0.2, 0) is 0 Å². The van der Waals surface area contributed by atoms with Gasteiger partial charge in [0.05, 0.1) is 18.3 Å². The van der Waals surface area contributed by atoms with E-state index in [2.05, 4.69) is 0 Å². The minimum absolute atomic E-state index is 0.369. The molecule has 0 saturated carbocycles. The Morgan fingerprint density at radius 1 is 1.64 bits per heavy atom. The zero-order valence-corrected chi connectivity index (χ0v) is 8.46. The van der Waals surface area contributed by atoms with Crippen LogP contribution in [0.3, 0.4) is 0 Å². The first kappa shape index (κ1) is 11.0. The van der Waals surface area contributed by atoms with Crippen LogP contribution in [-0.4, -0.2) is 30.0 Å². The van der Waals surface area contributed by atoms with Crippen molar-refractivity contribution in [2.24, 2.45) is 5.92 Å². The lowest BCUT2D eigenvalue weighted by Gasteiger charge is -2.37. The minimum atomic E-state index is -1.33. The molecule has 0 bridgehead atoms. The summed E-state index contributed by atoms with van der Waals surface area (Å²) in [5, 5.41) is 15.9. The number of rotatable bonds is 3. The minimum Gasteiger partial charge on any atom is -0.363 e. The van der Waals surface area contributed by atoms with Gasteiger partial charge in [-0.05, 0) is 6.42 Å². The van der Waals surface area contributed by atoms with Crippen molar-refractivity contribution in [1.82, 2.24) is 4.90 Å². The Labute approximate surface area is 84.0 Å². The predicted molar refractivity (Wildman–Crippen MR) is 52.8 cm³/mol. The Morgan fingerprint density at radius 2 is 2.21 bits per heavy atom. The van der Waals surface area contributed by atoms with Gasteiger partial charge in [-0.15, -0.1) is 0 Å². The lowest BCUT2D eigenvalue weighted by Crippen LogP contribution is -2.44. The number of halogens is 1. The van der Waals surface area contributed by atoms with Crippen LogP contribution in [0, 0.1) is 22.7 Å². The van der Waals surface area contributed by atoms with Crippen LogP contribution in [0.2, 0.25) is 0 Å². The molecule has 1 unspecified atom stereocenters. The highest BCUT2D eigenvalue weighted by atomic mass is 19.1. The number of likely N-dealkylation sites (tertiary alicyclic amines) is 1. The molecule has 0 aromatic heterocycles. The molecule has 78 valence electrons. The molecule has 0 amide bonds. The van der Waals surface area contributed by atoms with Crippen molar-refractivity contribution in [3.05, 3.63) is 0 Å². The average molecular weight is 197 g/mol. The number of nitriles is 1. The normalized spacial score (nSPS) is 22.5. The van der Waals surface area contributed by atoms with E-state index in [4.69, 9.17) is 10.7 Å². The van der Waals surface area contributed by atoms with Gasteiger partial charge in [0.15, 0.2) is 0 Å². The number of nitrogens with zero attached hydrogens (tertiary/aromatic N) is 2. The Balaban J connectivity index is 2.61. The maximum absolute atomic E-state index is 14.2. The largest absolute Gasteiger partial charge is 0.363 e. The number of hydrogen-bond acceptors (Lipinski definition) is 2. The first-order valence-corrected chi connectivity index (χ1v) is 4.99. The molecule has 0 aromatic rings. The fourth-order valence-corrected chi connectivity index (χ4v) is 1.95. The van der Waals surface area contributed by atoms with Crippen molar-refractivity contribution in [1.29, 1.82) is 10.7 Å². The summed E-state index contributed by atoms with van der Waals surface area (Å²) in [5.41, 5.74) is -1.33. The maximum Gasteiger partial charge on any atom is 0.130 e. The van der Waals surface area contributed by atoms with Crippen LogP contribution >= 0.6 is 0 Å². The molecule has 1 atom stereocenters. The van der Waals surface area contributed by atoms with Gasteiger partial charge >= 0.3 is 0 Å². The van der Waals surface area contributed by atoms with Crippen LogP contribution in [0.5, 0.6) is 0 Å². The van der Waals surface area contributed by atoms with Crippen LogP contribution in [0.4, 0.5) is 4.39 Å². The summed E-state index contributed by atoms with van der Waals surface area (Å²) < 4.78 is 14.2. The van der Waals surface area contributed by atoms with Crippen molar-refractivity contribution in [3.8, 4) is 6.07 Å². The van der Waals surface area contributed by atoms with Crippen LogP contribution in [0.15, 0.2) is 0 Å². The number of nitrogens with one attached hydrogen (secondary N) is 1. The standard InChI is InChI=1S/C10H16FN3/c1-2-9(7-12)10(11)3-5-14(8-13)6-4-10/h8-9,13H,2-6H2,1H3. The fourth-order valence-electron chi connectivity index (χ4n) is 1.95. The number of hydrogen-bond donors (Lipinski definition) is 1. The van der Waals surface area contributed by atoms with E-state index in [-0.39, 0.29) is 0 Å². The van der Waals surface area contributed by atoms with Gasteiger partial charge in [0, 0.05) is 25.9 Å². The highest BCUT2D eigenvalue weighted by Gasteiger charge is 2.40. The van der Waals surface area contributed by atoms with Gasteiger partial charge < -0.3 is 4.90 Å². The molecule has 1 aliphatic heterocycles. The van der Waals surface area contributed by atoms with E-state index in [0.29, 0.717) is 32.4 Å². The van der Waals surface area contributed by atoms with Crippen LogP contribution < -0.4 is 0 Å². The quantitative estimate of drug-likeness (QED) is 0.555. The Morgan fingerprint density at radius 3 is 2.57 bits per heavy atom. The molecule has 0 spiro atoms. The van der Waals surface area contributed by atoms with Gasteiger partial charge in [-0.25, -0.2) is 4.39 Å². The molecular formula is C10H16FN3. The molecule has 14 heavy (non-hydrogen) atoms. The van der Waals surface area contributed by atoms with Gasteiger partial charge in [-0.2, -0.15) is 5.26 Å². The molecule has 0 aliphatic carbocycles. The van der Waals surface area contributed by atoms with E-state index in [1.165, 1.54) is 6.34 Å². The summed E-state index contributed by atoms with van der Waals surface area (Å²) in [6, 6.07) is 2.04. The first-order chi connectivity index (χ1) is 6.66. The molecule has 0 aromatic carbocycles. The van der Waals surface area contributed by atoms with E-state index in [1.54, 1.807) is 4.90 Å². The molecule has 1 rings (SSSR count). The average Bonchev–Trinajstić information content (AvgIpc) is 2.20. The zero-order chi connectivity index (χ0) is 10.6. The third kappa shape index (κ3) is 2.03. The molecular weight excluding hydrogens is 181 g/mol. The lowest BCUT2D eigenvalue weighted by molar-refractivity contribution is 0.0456. The number of piperidine rings is 1. The zero-order valence-electron chi connectivity index (χ0n) is 8.46. The third-order valence-electron chi connectivity index (χ3n) is 3.00. The Kier molecular flexibility index (Phi) is 3.45. The lowest BCUT2D eigenvalue weighted by atomic mass is 9.80. The highest BCUT2D eigenvalue weighted by molar-refractivity contribution is 5.50. The summed E-state index contributed by atoms with van der Waals surface area (Å²) in [4.78, 5) is 1.78. The summed E-state index contributed by atoms with van der Waals surface area (Å²) in [7, 11) is 0. The van der Waals surface area contributed by atoms with Gasteiger partial charge in [0.1, 0.15) is 5.67 Å². The van der Waals surface area contributed by atoms with Crippen molar-refractivity contribution < 1.29 is 4.39 Å². The van der Waals surface area contributed by atoms with E-state index < -0.39 is 11.6 Å². The van der Waals surface area contributed by atoms with Gasteiger partial charge in [-0.1, -0.05) is 6.92 Å². The molecule has 1 saturated heterocycles. The summed E-state index contributed by atoms with van der Waals surface area (Å²) in [5.74, 6) is -0.490. The van der Waals surface area contributed by atoms with Crippen molar-refractivity contribution >= 4 is 6.34 Å². The van der Waals surface area contributed by atoms with Gasteiger partial charge in [0.2, 0.25) is 0 Å². The van der Waals surface area contributed by atoms with E-state index in [9.17, 15) is 4.39 Å². The van der Waals surface area contributed by atoms with Crippen molar-refractivity contribution in [2.75, 3.05) is 13.1 Å². The highest BCUT2D eigenvalue weighted by Crippen LogP contribution is 2.35. The molecule has 3 nitrogen and oxygen atoms in total. The molecule has 4 heteroatoms. The predicted octanol–water partition coefficient (Wildman–Crippen LogP) is 1.95. The Bertz CT molecular complexity index is 238. The van der Waals surface area contributed by atoms with Gasteiger partial charge in [-0.3, -0.25) is 5.41 Å². The molecule has 1 N–H and O–H groups in total. The van der Waals surface area contributed by atoms with Crippen LogP contribution in [0.25, 0.3) is 0 Å². The Hall–Kier alpha value is -1.11. The van der Waals surface area contributed by atoms with Gasteiger partial charge in [0.25, 0.3) is 0 Å². The third-order valence-corrected chi connectivity index (χ3v) is 3.00. The SMILES string of the molecule is CCC(C#N)C1(F)CCN(C=N)CC1.